The monoisotopic (exact) mass is 504 g/mol. The third-order valence-electron chi connectivity index (χ3n) is 4.17. The molecule has 138 valence electrons. The first-order valence-corrected chi connectivity index (χ1v) is 10.9. The second-order valence-corrected chi connectivity index (χ2v) is 9.46. The summed E-state index contributed by atoms with van der Waals surface area (Å²) in [6.45, 7) is 0. The Morgan fingerprint density at radius 1 is 1.31 bits per heavy atom. The summed E-state index contributed by atoms with van der Waals surface area (Å²) in [5.74, 6) is -2.22. The standard InChI is InChI=1S/C16H14Br2N2O5S/c17-7-9-12(16(23)24)20-14(22)11(15(20)26(25)13(9)18)19-10(21)6-8-4-2-1-3-5-8/h1-5,11,13,15H,6-7H2,(H,19,21)(H,23,24)/t11?,13?,15-,26?/m0/s1. The van der Waals surface area contributed by atoms with E-state index in [1.807, 2.05) is 6.07 Å². The van der Waals surface area contributed by atoms with Crippen molar-refractivity contribution in [3.8, 4) is 0 Å². The SMILES string of the molecule is O=C(Cc1ccccc1)NC1C(=O)N2C(C(=O)O)=C(CBr)C(Br)[S+]([O-])[C@@H]12. The molecule has 0 spiro atoms. The highest BCUT2D eigenvalue weighted by Crippen LogP contribution is 2.42. The van der Waals surface area contributed by atoms with Crippen molar-refractivity contribution in [1.82, 2.24) is 10.2 Å². The van der Waals surface area contributed by atoms with Gasteiger partial charge in [0.15, 0.2) is 10.2 Å². The Bertz CT molecular complexity index is 788. The van der Waals surface area contributed by atoms with Crippen molar-refractivity contribution in [2.45, 2.75) is 22.0 Å². The van der Waals surface area contributed by atoms with E-state index in [9.17, 15) is 24.0 Å². The van der Waals surface area contributed by atoms with Crippen LogP contribution in [0, 0.1) is 0 Å². The lowest BCUT2D eigenvalue weighted by molar-refractivity contribution is -0.151. The van der Waals surface area contributed by atoms with Gasteiger partial charge in [0.05, 0.1) is 6.42 Å². The molecule has 0 saturated carbocycles. The fourth-order valence-electron chi connectivity index (χ4n) is 2.97. The van der Waals surface area contributed by atoms with Crippen LogP contribution in [0.5, 0.6) is 0 Å². The van der Waals surface area contributed by atoms with Crippen LogP contribution in [0.4, 0.5) is 0 Å². The normalized spacial score (nSPS) is 27.7. The quantitative estimate of drug-likeness (QED) is 0.353. The smallest absolute Gasteiger partial charge is 0.352 e. The Labute approximate surface area is 169 Å². The zero-order valence-electron chi connectivity index (χ0n) is 13.2. The lowest BCUT2D eigenvalue weighted by atomic mass is 10.0. The van der Waals surface area contributed by atoms with E-state index in [-0.39, 0.29) is 23.4 Å². The van der Waals surface area contributed by atoms with Crippen LogP contribution in [0.2, 0.25) is 0 Å². The van der Waals surface area contributed by atoms with Gasteiger partial charge in [-0.3, -0.25) is 14.5 Å². The molecule has 3 unspecified atom stereocenters. The number of carbonyl (C=O) groups is 3. The number of nitrogens with one attached hydrogen (secondary N) is 1. The minimum atomic E-state index is -1.60. The van der Waals surface area contributed by atoms with Gasteiger partial charge in [0, 0.05) is 10.9 Å². The number of benzene rings is 1. The van der Waals surface area contributed by atoms with Crippen molar-refractivity contribution in [3.63, 3.8) is 0 Å². The topological polar surface area (TPSA) is 110 Å². The van der Waals surface area contributed by atoms with Gasteiger partial charge in [-0.2, -0.15) is 0 Å². The average molecular weight is 506 g/mol. The molecular formula is C16H14Br2N2O5S. The molecule has 2 heterocycles. The first kappa shape index (κ1) is 19.4. The second kappa shape index (κ2) is 7.71. The molecule has 0 bridgehead atoms. The second-order valence-electron chi connectivity index (χ2n) is 5.76. The van der Waals surface area contributed by atoms with Gasteiger partial charge in [0.1, 0.15) is 5.70 Å². The third-order valence-corrected chi connectivity index (χ3v) is 8.09. The average Bonchev–Trinajstić information content (AvgIpc) is 2.62. The fourth-order valence-corrected chi connectivity index (χ4v) is 6.84. The van der Waals surface area contributed by atoms with Gasteiger partial charge in [-0.15, -0.1) is 0 Å². The number of aliphatic carboxylic acids is 1. The van der Waals surface area contributed by atoms with Crippen LogP contribution in [0.3, 0.4) is 0 Å². The number of carboxylic acid groups (broad SMARTS) is 1. The summed E-state index contributed by atoms with van der Waals surface area (Å²) in [6.07, 6.45) is 0.0794. The predicted molar refractivity (Wildman–Crippen MR) is 102 cm³/mol. The predicted octanol–water partition coefficient (Wildman–Crippen LogP) is 1.10. The van der Waals surface area contributed by atoms with Crippen LogP contribution in [-0.4, -0.2) is 53.2 Å². The molecule has 1 aromatic rings. The molecule has 1 saturated heterocycles. The Kier molecular flexibility index (Phi) is 5.75. The molecule has 1 fully saturated rings. The van der Waals surface area contributed by atoms with Gasteiger partial charge >= 0.3 is 5.97 Å². The summed E-state index contributed by atoms with van der Waals surface area (Å²) in [6, 6.07) is 8.01. The van der Waals surface area contributed by atoms with Gasteiger partial charge in [-0.25, -0.2) is 4.79 Å². The van der Waals surface area contributed by atoms with E-state index >= 15 is 0 Å². The number of halogens is 2. The highest BCUT2D eigenvalue weighted by Gasteiger charge is 2.63. The minimum Gasteiger partial charge on any atom is -0.614 e. The van der Waals surface area contributed by atoms with E-state index < -0.39 is 38.6 Å². The van der Waals surface area contributed by atoms with Crippen molar-refractivity contribution in [3.05, 3.63) is 47.2 Å². The number of carbonyl (C=O) groups excluding carboxylic acids is 2. The molecule has 3 rings (SSSR count). The Morgan fingerprint density at radius 2 is 1.96 bits per heavy atom. The van der Waals surface area contributed by atoms with Gasteiger partial charge in [-0.1, -0.05) is 46.3 Å². The molecule has 1 aromatic carbocycles. The maximum Gasteiger partial charge on any atom is 0.352 e. The van der Waals surface area contributed by atoms with E-state index in [0.717, 1.165) is 10.5 Å². The number of hydrogen-bond acceptors (Lipinski definition) is 4. The fraction of sp³-hybridized carbons (Fsp3) is 0.312. The molecule has 7 nitrogen and oxygen atoms in total. The van der Waals surface area contributed by atoms with Crippen molar-refractivity contribution in [2.24, 2.45) is 0 Å². The number of hydrogen-bond donors (Lipinski definition) is 2. The van der Waals surface area contributed by atoms with Crippen LogP contribution in [-0.2, 0) is 32.0 Å². The summed E-state index contributed by atoms with van der Waals surface area (Å²) in [5, 5.41) is 11.3. The summed E-state index contributed by atoms with van der Waals surface area (Å²) >= 11 is 4.84. The highest BCUT2D eigenvalue weighted by atomic mass is 79.9. The van der Waals surface area contributed by atoms with Crippen LogP contribution >= 0.6 is 31.9 Å². The van der Waals surface area contributed by atoms with Crippen molar-refractivity contribution in [1.29, 1.82) is 0 Å². The van der Waals surface area contributed by atoms with E-state index in [2.05, 4.69) is 37.2 Å². The summed E-state index contributed by atoms with van der Waals surface area (Å²) in [7, 11) is 0. The van der Waals surface area contributed by atoms with Crippen LogP contribution in [0.25, 0.3) is 0 Å². The third kappa shape index (κ3) is 3.30. The Hall–Kier alpha value is -1.36. The van der Waals surface area contributed by atoms with Gasteiger partial charge in [-0.05, 0) is 32.7 Å². The molecule has 26 heavy (non-hydrogen) atoms. The molecular weight excluding hydrogens is 492 g/mol. The van der Waals surface area contributed by atoms with E-state index in [1.54, 1.807) is 24.3 Å². The number of amides is 2. The zero-order valence-corrected chi connectivity index (χ0v) is 17.2. The van der Waals surface area contributed by atoms with Gasteiger partial charge in [0.2, 0.25) is 11.3 Å². The van der Waals surface area contributed by atoms with E-state index in [1.165, 1.54) is 0 Å². The van der Waals surface area contributed by atoms with Gasteiger partial charge in [0.25, 0.3) is 5.91 Å². The van der Waals surface area contributed by atoms with Crippen LogP contribution in [0.15, 0.2) is 41.6 Å². The maximum atomic E-state index is 12.7. The highest BCUT2D eigenvalue weighted by molar-refractivity contribution is 9.11. The minimum absolute atomic E-state index is 0.0794. The molecule has 10 heteroatoms. The first-order valence-electron chi connectivity index (χ1n) is 7.59. The number of carboxylic acids is 1. The summed E-state index contributed by atoms with van der Waals surface area (Å²) < 4.78 is 12.0. The van der Waals surface area contributed by atoms with Crippen molar-refractivity contribution < 1.29 is 24.0 Å². The number of fused-ring (bicyclic) bond motifs is 1. The van der Waals surface area contributed by atoms with Gasteiger partial charge < -0.3 is 15.0 Å². The zero-order chi connectivity index (χ0) is 19.0. The molecule has 0 aromatic heterocycles. The lowest BCUT2D eigenvalue weighted by Gasteiger charge is -2.50. The Morgan fingerprint density at radius 3 is 2.54 bits per heavy atom. The molecule has 2 amide bonds. The van der Waals surface area contributed by atoms with E-state index in [0.29, 0.717) is 5.57 Å². The molecule has 0 aliphatic carbocycles. The maximum absolute atomic E-state index is 12.7. The van der Waals surface area contributed by atoms with Crippen molar-refractivity contribution in [2.75, 3.05) is 5.33 Å². The lowest BCUT2D eigenvalue weighted by Crippen LogP contribution is -2.75. The first-order chi connectivity index (χ1) is 12.4. The molecule has 4 atom stereocenters. The molecule has 2 N–H and O–H groups in total. The summed E-state index contributed by atoms with van der Waals surface area (Å²) in [4.78, 5) is 37.3. The van der Waals surface area contributed by atoms with Crippen LogP contribution in [0.1, 0.15) is 5.56 Å². The molecule has 0 radical (unpaired) electrons. The number of rotatable bonds is 5. The van der Waals surface area contributed by atoms with Crippen molar-refractivity contribution >= 4 is 60.8 Å². The van der Waals surface area contributed by atoms with Crippen LogP contribution < -0.4 is 5.32 Å². The Balaban J connectivity index is 1.79. The number of alkyl halides is 2. The number of nitrogens with zero attached hydrogens (tertiary/aromatic N) is 1. The van der Waals surface area contributed by atoms with E-state index in [4.69, 9.17) is 0 Å². The molecule has 2 aliphatic heterocycles. The molecule has 2 aliphatic rings. The summed E-state index contributed by atoms with van der Waals surface area (Å²) in [5.41, 5.74) is 0.922. The number of β-lactam (4-membered cyclic amide) rings is 1. The largest absolute Gasteiger partial charge is 0.614 e.